The van der Waals surface area contributed by atoms with Crippen LogP contribution in [0.15, 0.2) is 28.9 Å². The molecule has 0 aliphatic heterocycles. The molecule has 0 amide bonds. The first-order valence-electron chi connectivity index (χ1n) is 4.77. The van der Waals surface area contributed by atoms with Gasteiger partial charge in [-0.25, -0.2) is 9.97 Å². The molecule has 0 aliphatic rings. The molecular formula is C11H8BrClIN3. The summed E-state index contributed by atoms with van der Waals surface area (Å²) in [7, 11) is 1.83. The summed E-state index contributed by atoms with van der Waals surface area (Å²) in [6, 6.07) is 5.55. The van der Waals surface area contributed by atoms with Crippen molar-refractivity contribution < 1.29 is 0 Å². The molecule has 1 aromatic heterocycles. The lowest BCUT2D eigenvalue weighted by Gasteiger charge is -2.07. The van der Waals surface area contributed by atoms with Crippen LogP contribution in [0, 0.1) is 3.57 Å². The SMILES string of the molecule is CNc1nc(-c2cc(Cl)ccc2Br)ncc1I. The Kier molecular flexibility index (Phi) is 4.22. The smallest absolute Gasteiger partial charge is 0.162 e. The van der Waals surface area contributed by atoms with Crippen LogP contribution in [0.1, 0.15) is 0 Å². The predicted octanol–water partition coefficient (Wildman–Crippen LogP) is 4.21. The van der Waals surface area contributed by atoms with Crippen LogP contribution in [0.5, 0.6) is 0 Å². The number of nitrogens with one attached hydrogen (secondary N) is 1. The van der Waals surface area contributed by atoms with Crippen LogP contribution in [-0.2, 0) is 0 Å². The van der Waals surface area contributed by atoms with Gasteiger partial charge in [0.2, 0.25) is 0 Å². The summed E-state index contributed by atoms with van der Waals surface area (Å²) in [5.74, 6) is 1.45. The third-order valence-electron chi connectivity index (χ3n) is 2.15. The Hall–Kier alpha value is -0.400. The summed E-state index contributed by atoms with van der Waals surface area (Å²) < 4.78 is 1.90. The summed E-state index contributed by atoms with van der Waals surface area (Å²) in [6.45, 7) is 0. The minimum Gasteiger partial charge on any atom is -0.372 e. The monoisotopic (exact) mass is 423 g/mol. The largest absolute Gasteiger partial charge is 0.372 e. The number of hydrogen-bond acceptors (Lipinski definition) is 3. The van der Waals surface area contributed by atoms with E-state index >= 15 is 0 Å². The summed E-state index contributed by atoms with van der Waals surface area (Å²) >= 11 is 11.6. The minimum atomic E-state index is 0.643. The van der Waals surface area contributed by atoms with Crippen LogP contribution in [0.25, 0.3) is 11.4 Å². The molecule has 0 spiro atoms. The second-order valence-corrected chi connectivity index (χ2v) is 5.72. The van der Waals surface area contributed by atoms with Crippen molar-refractivity contribution in [2.45, 2.75) is 0 Å². The Morgan fingerprint density at radius 1 is 1.41 bits per heavy atom. The van der Waals surface area contributed by atoms with Gasteiger partial charge in [-0.1, -0.05) is 27.5 Å². The molecule has 1 heterocycles. The van der Waals surface area contributed by atoms with Gasteiger partial charge in [0.05, 0.1) is 3.57 Å². The number of rotatable bonds is 2. The lowest BCUT2D eigenvalue weighted by atomic mass is 10.2. The van der Waals surface area contributed by atoms with Crippen molar-refractivity contribution in [3.05, 3.63) is 37.5 Å². The van der Waals surface area contributed by atoms with E-state index in [-0.39, 0.29) is 0 Å². The quantitative estimate of drug-likeness (QED) is 0.735. The van der Waals surface area contributed by atoms with Crippen molar-refractivity contribution in [1.29, 1.82) is 0 Å². The molecular weight excluding hydrogens is 416 g/mol. The number of hydrogen-bond donors (Lipinski definition) is 1. The number of anilines is 1. The highest BCUT2D eigenvalue weighted by molar-refractivity contribution is 14.1. The number of benzene rings is 1. The van der Waals surface area contributed by atoms with Gasteiger partial charge in [-0.2, -0.15) is 0 Å². The number of nitrogens with zero attached hydrogens (tertiary/aromatic N) is 2. The highest BCUT2D eigenvalue weighted by Gasteiger charge is 2.09. The topological polar surface area (TPSA) is 37.8 Å². The van der Waals surface area contributed by atoms with Crippen LogP contribution in [0.3, 0.4) is 0 Å². The van der Waals surface area contributed by atoms with Crippen molar-refractivity contribution in [2.24, 2.45) is 0 Å². The van der Waals surface area contributed by atoms with E-state index in [0.29, 0.717) is 10.8 Å². The maximum absolute atomic E-state index is 5.98. The van der Waals surface area contributed by atoms with Crippen LogP contribution in [0.2, 0.25) is 5.02 Å². The van der Waals surface area contributed by atoms with Gasteiger partial charge in [-0.15, -0.1) is 0 Å². The standard InChI is InChI=1S/C11H8BrClIN3/c1-15-11-9(14)5-16-10(17-11)7-4-6(13)2-3-8(7)12/h2-5H,1H3,(H,15,16,17). The van der Waals surface area contributed by atoms with Gasteiger partial charge in [0.1, 0.15) is 5.82 Å². The van der Waals surface area contributed by atoms with Gasteiger partial charge in [-0.3, -0.25) is 0 Å². The van der Waals surface area contributed by atoms with Crippen LogP contribution in [-0.4, -0.2) is 17.0 Å². The Morgan fingerprint density at radius 3 is 2.88 bits per heavy atom. The predicted molar refractivity (Wildman–Crippen MR) is 82.4 cm³/mol. The minimum absolute atomic E-state index is 0.643. The van der Waals surface area contributed by atoms with Crippen molar-refractivity contribution in [1.82, 2.24) is 9.97 Å². The van der Waals surface area contributed by atoms with E-state index in [1.165, 1.54) is 0 Å². The summed E-state index contributed by atoms with van der Waals surface area (Å²) in [5.41, 5.74) is 0.880. The lowest BCUT2D eigenvalue weighted by Crippen LogP contribution is -1.99. The number of aromatic nitrogens is 2. The molecule has 1 N–H and O–H groups in total. The van der Waals surface area contributed by atoms with Crippen LogP contribution < -0.4 is 5.32 Å². The van der Waals surface area contributed by atoms with Gasteiger partial charge in [-0.05, 0) is 40.8 Å². The van der Waals surface area contributed by atoms with Crippen molar-refractivity contribution in [2.75, 3.05) is 12.4 Å². The molecule has 0 unspecified atom stereocenters. The Labute approximate surface area is 126 Å². The first-order valence-corrected chi connectivity index (χ1v) is 7.02. The lowest BCUT2D eigenvalue weighted by molar-refractivity contribution is 1.15. The van der Waals surface area contributed by atoms with Crippen molar-refractivity contribution in [3.8, 4) is 11.4 Å². The van der Waals surface area contributed by atoms with Gasteiger partial charge in [0.15, 0.2) is 5.82 Å². The molecule has 0 saturated carbocycles. The fourth-order valence-electron chi connectivity index (χ4n) is 1.34. The Balaban J connectivity index is 2.56. The first kappa shape index (κ1) is 13.0. The van der Waals surface area contributed by atoms with Gasteiger partial charge in [0.25, 0.3) is 0 Å². The molecule has 3 nitrogen and oxygen atoms in total. The Morgan fingerprint density at radius 2 is 2.18 bits per heavy atom. The molecule has 17 heavy (non-hydrogen) atoms. The van der Waals surface area contributed by atoms with E-state index in [0.717, 1.165) is 19.4 Å². The summed E-state index contributed by atoms with van der Waals surface area (Å²) in [6.07, 6.45) is 1.78. The van der Waals surface area contributed by atoms with Gasteiger partial charge >= 0.3 is 0 Å². The Bertz CT molecular complexity index is 562. The molecule has 0 saturated heterocycles. The highest BCUT2D eigenvalue weighted by Crippen LogP contribution is 2.29. The fourth-order valence-corrected chi connectivity index (χ4v) is 2.47. The fraction of sp³-hybridized carbons (Fsp3) is 0.0909. The average molecular weight is 424 g/mol. The molecule has 0 aliphatic carbocycles. The van der Waals surface area contributed by atoms with E-state index in [1.807, 2.05) is 25.2 Å². The molecule has 0 atom stereocenters. The maximum Gasteiger partial charge on any atom is 0.162 e. The first-order chi connectivity index (χ1) is 8.11. The average Bonchev–Trinajstić information content (AvgIpc) is 2.33. The number of halogens is 3. The third kappa shape index (κ3) is 2.89. The van der Waals surface area contributed by atoms with Crippen molar-refractivity contribution >= 4 is 55.9 Å². The van der Waals surface area contributed by atoms with E-state index in [9.17, 15) is 0 Å². The van der Waals surface area contributed by atoms with Crippen molar-refractivity contribution in [3.63, 3.8) is 0 Å². The molecule has 0 bridgehead atoms. The van der Waals surface area contributed by atoms with Crippen LogP contribution >= 0.6 is 50.1 Å². The second kappa shape index (κ2) is 5.49. The van der Waals surface area contributed by atoms with Gasteiger partial charge < -0.3 is 5.32 Å². The molecule has 1 aromatic carbocycles. The second-order valence-electron chi connectivity index (χ2n) is 3.26. The molecule has 88 valence electrons. The normalized spacial score (nSPS) is 10.4. The van der Waals surface area contributed by atoms with E-state index in [1.54, 1.807) is 6.20 Å². The zero-order valence-electron chi connectivity index (χ0n) is 8.84. The molecule has 2 aromatic rings. The zero-order valence-corrected chi connectivity index (χ0v) is 13.3. The molecule has 2 rings (SSSR count). The molecule has 0 radical (unpaired) electrons. The van der Waals surface area contributed by atoms with Gasteiger partial charge in [0, 0.05) is 28.3 Å². The highest BCUT2D eigenvalue weighted by atomic mass is 127. The third-order valence-corrected chi connectivity index (χ3v) is 3.87. The van der Waals surface area contributed by atoms with E-state index in [2.05, 4.69) is 53.8 Å². The van der Waals surface area contributed by atoms with E-state index < -0.39 is 0 Å². The molecule has 6 heteroatoms. The molecule has 0 fully saturated rings. The van der Waals surface area contributed by atoms with E-state index in [4.69, 9.17) is 11.6 Å². The summed E-state index contributed by atoms with van der Waals surface area (Å²) in [5, 5.41) is 3.70. The zero-order chi connectivity index (χ0) is 12.4. The summed E-state index contributed by atoms with van der Waals surface area (Å²) in [4.78, 5) is 8.76. The van der Waals surface area contributed by atoms with Crippen LogP contribution in [0.4, 0.5) is 5.82 Å². The maximum atomic E-state index is 5.98.